The number of rotatable bonds is 8. The van der Waals surface area contributed by atoms with Crippen molar-refractivity contribution < 1.29 is 9.84 Å². The van der Waals surface area contributed by atoms with Crippen LogP contribution in [0.3, 0.4) is 0 Å². The first-order valence-electron chi connectivity index (χ1n) is 6.40. The van der Waals surface area contributed by atoms with Gasteiger partial charge in [0.25, 0.3) is 0 Å². The lowest BCUT2D eigenvalue weighted by molar-refractivity contribution is 0.0260. The maximum atomic E-state index is 9.72. The zero-order valence-electron chi connectivity index (χ0n) is 11.3. The van der Waals surface area contributed by atoms with Crippen LogP contribution in [-0.4, -0.2) is 31.0 Å². The van der Waals surface area contributed by atoms with Crippen molar-refractivity contribution in [3.63, 3.8) is 0 Å². The number of aliphatic hydroxyl groups excluding tert-OH is 1. The average molecular weight is 306 g/mol. The highest BCUT2D eigenvalue weighted by atomic mass is 35.5. The molecular formula is C14H21Cl2NO2. The molecule has 0 fully saturated rings. The van der Waals surface area contributed by atoms with Gasteiger partial charge in [-0.25, -0.2) is 0 Å². The van der Waals surface area contributed by atoms with Gasteiger partial charge in [-0.1, -0.05) is 49.2 Å². The Morgan fingerprint density at radius 2 is 2.00 bits per heavy atom. The minimum Gasteiger partial charge on any atom is -0.389 e. The van der Waals surface area contributed by atoms with Crippen LogP contribution >= 0.6 is 23.2 Å². The smallest absolute Gasteiger partial charge is 0.0897 e. The van der Waals surface area contributed by atoms with E-state index in [1.165, 1.54) is 0 Å². The van der Waals surface area contributed by atoms with Crippen molar-refractivity contribution >= 4 is 23.2 Å². The molecule has 0 heterocycles. The van der Waals surface area contributed by atoms with Crippen molar-refractivity contribution in [2.75, 3.05) is 19.8 Å². The molecule has 108 valence electrons. The van der Waals surface area contributed by atoms with E-state index in [0.29, 0.717) is 42.3 Å². The predicted molar refractivity (Wildman–Crippen MR) is 79.8 cm³/mol. The molecule has 0 saturated carbocycles. The van der Waals surface area contributed by atoms with Crippen LogP contribution in [0.5, 0.6) is 0 Å². The summed E-state index contributed by atoms with van der Waals surface area (Å²) in [6.45, 7) is 6.19. The molecule has 1 aromatic rings. The van der Waals surface area contributed by atoms with E-state index in [1.54, 1.807) is 6.07 Å². The quantitative estimate of drug-likeness (QED) is 0.775. The Morgan fingerprint density at radius 3 is 2.68 bits per heavy atom. The maximum Gasteiger partial charge on any atom is 0.0897 e. The Morgan fingerprint density at radius 1 is 1.26 bits per heavy atom. The molecule has 19 heavy (non-hydrogen) atoms. The largest absolute Gasteiger partial charge is 0.389 e. The van der Waals surface area contributed by atoms with Gasteiger partial charge in [-0.05, 0) is 17.5 Å². The van der Waals surface area contributed by atoms with Crippen molar-refractivity contribution in [1.82, 2.24) is 5.32 Å². The molecule has 1 atom stereocenters. The first kappa shape index (κ1) is 16.7. The number of ether oxygens (including phenoxy) is 1. The fourth-order valence-corrected chi connectivity index (χ4v) is 1.94. The Labute approximate surface area is 124 Å². The number of benzene rings is 1. The Hall–Kier alpha value is -0.320. The van der Waals surface area contributed by atoms with Crippen LogP contribution in [0.4, 0.5) is 0 Å². The first-order valence-corrected chi connectivity index (χ1v) is 7.15. The molecule has 3 nitrogen and oxygen atoms in total. The Kier molecular flexibility index (Phi) is 7.73. The van der Waals surface area contributed by atoms with Crippen LogP contribution in [0.1, 0.15) is 19.4 Å². The molecule has 5 heteroatoms. The summed E-state index contributed by atoms with van der Waals surface area (Å²) in [5.74, 6) is 0.477. The van der Waals surface area contributed by atoms with E-state index in [9.17, 15) is 5.11 Å². The van der Waals surface area contributed by atoms with Gasteiger partial charge in [-0.3, -0.25) is 0 Å². The molecule has 0 aromatic heterocycles. The monoisotopic (exact) mass is 305 g/mol. The zero-order chi connectivity index (χ0) is 14.3. The van der Waals surface area contributed by atoms with Gasteiger partial charge in [0.2, 0.25) is 0 Å². The van der Waals surface area contributed by atoms with Gasteiger partial charge in [0.15, 0.2) is 0 Å². The van der Waals surface area contributed by atoms with Gasteiger partial charge >= 0.3 is 0 Å². The second kappa shape index (κ2) is 8.77. The fourth-order valence-electron chi connectivity index (χ4n) is 1.56. The van der Waals surface area contributed by atoms with E-state index >= 15 is 0 Å². The molecule has 1 unspecified atom stereocenters. The molecule has 0 aliphatic heterocycles. The number of halogens is 2. The Balaban J connectivity index is 2.24. The van der Waals surface area contributed by atoms with Gasteiger partial charge in [0, 0.05) is 19.7 Å². The minimum absolute atomic E-state index is 0.342. The summed E-state index contributed by atoms with van der Waals surface area (Å²) in [5.41, 5.74) is 0.921. The molecule has 0 amide bonds. The third-order valence-electron chi connectivity index (χ3n) is 2.49. The van der Waals surface area contributed by atoms with Gasteiger partial charge < -0.3 is 15.2 Å². The Bertz CT molecular complexity index is 386. The standard InChI is InChI=1S/C14H21Cl2NO2/c1-10(2)8-19-9-12(18)7-17-6-11-4-3-5-13(15)14(11)16/h3-5,10,12,17-18H,6-9H2,1-2H3. The predicted octanol–water partition coefficient (Wildman–Crippen LogP) is 3.12. The summed E-state index contributed by atoms with van der Waals surface area (Å²) in [6, 6.07) is 5.51. The molecule has 1 rings (SSSR count). The third kappa shape index (κ3) is 6.59. The SMILES string of the molecule is CC(C)COCC(O)CNCc1cccc(Cl)c1Cl. The molecule has 0 spiro atoms. The van der Waals surface area contributed by atoms with Crippen molar-refractivity contribution in [1.29, 1.82) is 0 Å². The second-order valence-corrected chi connectivity index (χ2v) is 5.71. The van der Waals surface area contributed by atoms with Gasteiger partial charge in [0.05, 0.1) is 22.8 Å². The molecule has 0 aliphatic carbocycles. The van der Waals surface area contributed by atoms with Gasteiger partial charge in [0.1, 0.15) is 0 Å². The number of aliphatic hydroxyl groups is 1. The van der Waals surface area contributed by atoms with E-state index in [-0.39, 0.29) is 0 Å². The average Bonchev–Trinajstić information content (AvgIpc) is 2.34. The lowest BCUT2D eigenvalue weighted by Crippen LogP contribution is -2.30. The van der Waals surface area contributed by atoms with Crippen molar-refractivity contribution in [3.05, 3.63) is 33.8 Å². The zero-order valence-corrected chi connectivity index (χ0v) is 12.8. The highest BCUT2D eigenvalue weighted by molar-refractivity contribution is 6.42. The molecule has 0 saturated heterocycles. The highest BCUT2D eigenvalue weighted by Gasteiger charge is 2.07. The minimum atomic E-state index is -0.517. The van der Waals surface area contributed by atoms with E-state index in [2.05, 4.69) is 19.2 Å². The highest BCUT2D eigenvalue weighted by Crippen LogP contribution is 2.25. The second-order valence-electron chi connectivity index (χ2n) is 4.93. The third-order valence-corrected chi connectivity index (χ3v) is 3.35. The summed E-state index contributed by atoms with van der Waals surface area (Å²) in [7, 11) is 0. The van der Waals surface area contributed by atoms with Crippen LogP contribution < -0.4 is 5.32 Å². The number of nitrogens with one attached hydrogen (secondary N) is 1. The van der Waals surface area contributed by atoms with Crippen molar-refractivity contribution in [3.8, 4) is 0 Å². The van der Waals surface area contributed by atoms with Crippen LogP contribution in [0.2, 0.25) is 10.0 Å². The molecule has 2 N–H and O–H groups in total. The molecule has 0 bridgehead atoms. The van der Waals surface area contributed by atoms with E-state index < -0.39 is 6.10 Å². The molecule has 1 aromatic carbocycles. The summed E-state index contributed by atoms with van der Waals surface area (Å²) < 4.78 is 5.37. The van der Waals surface area contributed by atoms with Gasteiger partial charge in [-0.2, -0.15) is 0 Å². The maximum absolute atomic E-state index is 9.72. The van der Waals surface area contributed by atoms with Crippen LogP contribution in [0.25, 0.3) is 0 Å². The van der Waals surface area contributed by atoms with Gasteiger partial charge in [-0.15, -0.1) is 0 Å². The first-order chi connectivity index (χ1) is 9.00. The number of hydrogen-bond acceptors (Lipinski definition) is 3. The normalized spacial score (nSPS) is 12.9. The fraction of sp³-hybridized carbons (Fsp3) is 0.571. The van der Waals surface area contributed by atoms with E-state index in [0.717, 1.165) is 5.56 Å². The van der Waals surface area contributed by atoms with E-state index in [1.807, 2.05) is 12.1 Å². The lowest BCUT2D eigenvalue weighted by Gasteiger charge is -2.14. The summed E-state index contributed by atoms with van der Waals surface area (Å²) in [5, 5.41) is 14.0. The number of hydrogen-bond donors (Lipinski definition) is 2. The van der Waals surface area contributed by atoms with Crippen molar-refractivity contribution in [2.45, 2.75) is 26.5 Å². The summed E-state index contributed by atoms with van der Waals surface area (Å²) >= 11 is 12.0. The van der Waals surface area contributed by atoms with Crippen LogP contribution in [0.15, 0.2) is 18.2 Å². The molecular weight excluding hydrogens is 285 g/mol. The molecule has 0 aliphatic rings. The van der Waals surface area contributed by atoms with E-state index in [4.69, 9.17) is 27.9 Å². The summed E-state index contributed by atoms with van der Waals surface area (Å²) in [4.78, 5) is 0. The topological polar surface area (TPSA) is 41.5 Å². The van der Waals surface area contributed by atoms with Crippen LogP contribution in [-0.2, 0) is 11.3 Å². The lowest BCUT2D eigenvalue weighted by atomic mass is 10.2. The van der Waals surface area contributed by atoms with Crippen molar-refractivity contribution in [2.24, 2.45) is 5.92 Å². The van der Waals surface area contributed by atoms with Crippen LogP contribution in [0, 0.1) is 5.92 Å². The molecule has 0 radical (unpaired) electrons. The summed E-state index contributed by atoms with van der Waals surface area (Å²) in [6.07, 6.45) is -0.517.